The number of aliphatic hydroxyl groups is 1. The van der Waals surface area contributed by atoms with Gasteiger partial charge in [0.05, 0.1) is 4.92 Å². The fourth-order valence-corrected chi connectivity index (χ4v) is 2.62. The molecule has 0 amide bonds. The molecule has 6 nitrogen and oxygen atoms in total. The molecule has 0 heterocycles. The van der Waals surface area contributed by atoms with Gasteiger partial charge in [0.2, 0.25) is 0 Å². The number of rotatable bonds is 8. The van der Waals surface area contributed by atoms with Gasteiger partial charge in [-0.25, -0.2) is 0 Å². The number of thiol groups is 1. The first-order valence-electron chi connectivity index (χ1n) is 9.27. The van der Waals surface area contributed by atoms with Crippen molar-refractivity contribution in [1.29, 1.82) is 0 Å². The number of nitrogens with zero attached hydrogens (tertiary/aromatic N) is 1. The molecule has 2 aromatic rings. The van der Waals surface area contributed by atoms with Gasteiger partial charge in [-0.05, 0) is 36.3 Å². The van der Waals surface area contributed by atoms with Gasteiger partial charge in [-0.15, -0.1) is 0 Å². The maximum absolute atomic E-state index is 10.3. The van der Waals surface area contributed by atoms with Crippen molar-refractivity contribution in [3.8, 4) is 0 Å². The number of aliphatic hydroxyl groups excluding tert-OH is 1. The van der Waals surface area contributed by atoms with E-state index in [1.54, 1.807) is 12.1 Å². The van der Waals surface area contributed by atoms with E-state index in [4.69, 9.17) is 10.8 Å². The standard InChI is InChI=1S/C10H16N2S.C10H13NO2.CH4O/c11-10(6-7-12-13)8-9-4-2-1-3-5-9;1-8(2)7-9-3-5-10(6-4-9)11(12)13;1-2/h1-5,10,12-13H,6-8,11H2;3-6,8H,7H2,1-2H3;2H,1H3. The molecule has 0 aliphatic rings. The minimum atomic E-state index is -0.376. The van der Waals surface area contributed by atoms with Gasteiger partial charge < -0.3 is 10.8 Å². The maximum atomic E-state index is 10.3. The molecular weight excluding hydrogens is 374 g/mol. The van der Waals surface area contributed by atoms with E-state index in [0.717, 1.165) is 38.5 Å². The quantitative estimate of drug-likeness (QED) is 0.303. The van der Waals surface area contributed by atoms with Crippen molar-refractivity contribution >= 4 is 18.5 Å². The van der Waals surface area contributed by atoms with Gasteiger partial charge in [0.1, 0.15) is 0 Å². The van der Waals surface area contributed by atoms with Crippen molar-refractivity contribution in [2.45, 2.75) is 39.2 Å². The van der Waals surface area contributed by atoms with Crippen molar-refractivity contribution in [2.24, 2.45) is 11.7 Å². The first-order valence-corrected chi connectivity index (χ1v) is 9.71. The van der Waals surface area contributed by atoms with Crippen LogP contribution in [0.3, 0.4) is 0 Å². The minimum absolute atomic E-state index is 0.160. The van der Waals surface area contributed by atoms with Crippen molar-refractivity contribution in [3.05, 3.63) is 75.8 Å². The first-order chi connectivity index (χ1) is 13.4. The Bertz CT molecular complexity index is 637. The highest BCUT2D eigenvalue weighted by Gasteiger charge is 2.04. The minimum Gasteiger partial charge on any atom is -0.400 e. The van der Waals surface area contributed by atoms with Crippen molar-refractivity contribution in [2.75, 3.05) is 13.7 Å². The molecule has 1 unspecified atom stereocenters. The second kappa shape index (κ2) is 16.1. The van der Waals surface area contributed by atoms with Gasteiger partial charge in [0.15, 0.2) is 0 Å². The van der Waals surface area contributed by atoms with Gasteiger partial charge in [0.25, 0.3) is 5.69 Å². The maximum Gasteiger partial charge on any atom is 0.269 e. The number of nitrogens with two attached hydrogens (primary N) is 1. The summed E-state index contributed by atoms with van der Waals surface area (Å²) in [5, 5.41) is 17.3. The van der Waals surface area contributed by atoms with Gasteiger partial charge in [0, 0.05) is 31.8 Å². The van der Waals surface area contributed by atoms with Crippen molar-refractivity contribution in [1.82, 2.24) is 4.72 Å². The molecule has 4 N–H and O–H groups in total. The SMILES string of the molecule is CC(C)Cc1ccc([N+](=O)[O-])cc1.CO.NC(CCNS)Cc1ccccc1. The third-order valence-electron chi connectivity index (χ3n) is 3.76. The monoisotopic (exact) mass is 407 g/mol. The van der Waals surface area contributed by atoms with Crippen LogP contribution in [-0.4, -0.2) is 29.7 Å². The Balaban J connectivity index is 0.000000478. The van der Waals surface area contributed by atoms with Crippen LogP contribution in [0, 0.1) is 16.0 Å². The number of nitro benzene ring substituents is 1. The Hall–Kier alpha value is -1.93. The summed E-state index contributed by atoms with van der Waals surface area (Å²) < 4.78 is 2.80. The van der Waals surface area contributed by atoms with E-state index >= 15 is 0 Å². The average molecular weight is 408 g/mol. The van der Waals surface area contributed by atoms with Crippen molar-refractivity contribution in [3.63, 3.8) is 0 Å². The molecule has 0 aromatic heterocycles. The van der Waals surface area contributed by atoms with Gasteiger partial charge in [-0.2, -0.15) is 0 Å². The Morgan fingerprint density at radius 3 is 2.04 bits per heavy atom. The smallest absolute Gasteiger partial charge is 0.269 e. The Labute approximate surface area is 173 Å². The molecule has 156 valence electrons. The summed E-state index contributed by atoms with van der Waals surface area (Å²) in [6.45, 7) is 5.11. The summed E-state index contributed by atoms with van der Waals surface area (Å²) >= 11 is 3.92. The topological polar surface area (TPSA) is 101 Å². The van der Waals surface area contributed by atoms with E-state index in [1.165, 1.54) is 5.56 Å². The molecule has 0 aliphatic heterocycles. The Kier molecular flexibility index (Phi) is 15.0. The molecule has 0 bridgehead atoms. The van der Waals surface area contributed by atoms with Crippen LogP contribution in [0.2, 0.25) is 0 Å². The third-order valence-corrected chi connectivity index (χ3v) is 3.98. The van der Waals surface area contributed by atoms with Gasteiger partial charge >= 0.3 is 0 Å². The average Bonchev–Trinajstić information content (AvgIpc) is 2.69. The molecule has 0 aliphatic carbocycles. The number of nitro groups is 1. The zero-order valence-electron chi connectivity index (χ0n) is 16.9. The summed E-state index contributed by atoms with van der Waals surface area (Å²) in [4.78, 5) is 9.96. The van der Waals surface area contributed by atoms with Crippen LogP contribution in [-0.2, 0) is 12.8 Å². The van der Waals surface area contributed by atoms with Crippen molar-refractivity contribution < 1.29 is 10.0 Å². The van der Waals surface area contributed by atoms with Crippen LogP contribution in [0.5, 0.6) is 0 Å². The zero-order valence-corrected chi connectivity index (χ0v) is 17.8. The van der Waals surface area contributed by atoms with Gasteiger partial charge in [-0.1, -0.05) is 69.1 Å². The molecule has 28 heavy (non-hydrogen) atoms. The summed E-state index contributed by atoms with van der Waals surface area (Å²) in [5.41, 5.74) is 8.53. The fourth-order valence-electron chi connectivity index (χ4n) is 2.49. The van der Waals surface area contributed by atoms with Crippen LogP contribution in [0.15, 0.2) is 54.6 Å². The highest BCUT2D eigenvalue weighted by atomic mass is 32.1. The molecule has 0 fully saturated rings. The van der Waals surface area contributed by atoms with E-state index < -0.39 is 0 Å². The normalized spacial score (nSPS) is 11.0. The highest BCUT2D eigenvalue weighted by Crippen LogP contribution is 2.14. The number of benzene rings is 2. The molecule has 7 heteroatoms. The molecule has 2 rings (SSSR count). The van der Waals surface area contributed by atoms with Crippen LogP contribution in [0.25, 0.3) is 0 Å². The van der Waals surface area contributed by atoms with Crippen LogP contribution < -0.4 is 10.5 Å². The molecule has 0 spiro atoms. The summed E-state index contributed by atoms with van der Waals surface area (Å²) in [6.07, 6.45) is 2.87. The fraction of sp³-hybridized carbons (Fsp3) is 0.429. The van der Waals surface area contributed by atoms with Crippen LogP contribution in [0.1, 0.15) is 31.4 Å². The lowest BCUT2D eigenvalue weighted by molar-refractivity contribution is -0.384. The molecule has 0 saturated carbocycles. The zero-order chi connectivity index (χ0) is 21.4. The second-order valence-electron chi connectivity index (χ2n) is 6.67. The summed E-state index contributed by atoms with van der Waals surface area (Å²) in [6, 6.07) is 17.3. The lowest BCUT2D eigenvalue weighted by Crippen LogP contribution is -2.26. The lowest BCUT2D eigenvalue weighted by Gasteiger charge is -2.10. The molecule has 0 saturated heterocycles. The molecule has 1 atom stereocenters. The Morgan fingerprint density at radius 1 is 1.04 bits per heavy atom. The number of non-ortho nitro benzene ring substituents is 1. The molecule has 0 radical (unpaired) electrons. The van der Waals surface area contributed by atoms with Gasteiger partial charge in [-0.3, -0.25) is 14.8 Å². The third kappa shape index (κ3) is 12.5. The molecular formula is C21H33N3O3S. The van der Waals surface area contributed by atoms with E-state index in [1.807, 2.05) is 30.3 Å². The van der Waals surface area contributed by atoms with E-state index in [-0.39, 0.29) is 16.7 Å². The van der Waals surface area contributed by atoms with E-state index in [9.17, 15) is 10.1 Å². The summed E-state index contributed by atoms with van der Waals surface area (Å²) in [7, 11) is 1.00. The number of hydrogen-bond donors (Lipinski definition) is 4. The van der Waals surface area contributed by atoms with E-state index in [0.29, 0.717) is 5.92 Å². The Morgan fingerprint density at radius 2 is 1.57 bits per heavy atom. The summed E-state index contributed by atoms with van der Waals surface area (Å²) in [5.74, 6) is 0.585. The lowest BCUT2D eigenvalue weighted by atomic mass is 10.0. The number of nitrogens with one attached hydrogen (secondary N) is 1. The van der Waals surface area contributed by atoms with E-state index in [2.05, 4.69) is 43.5 Å². The predicted octanol–water partition coefficient (Wildman–Crippen LogP) is 3.78. The molecule has 2 aromatic carbocycles. The largest absolute Gasteiger partial charge is 0.400 e. The second-order valence-corrected chi connectivity index (χ2v) is 6.98. The predicted molar refractivity (Wildman–Crippen MR) is 120 cm³/mol. The first kappa shape index (κ1) is 26.1. The number of hydrogen-bond acceptors (Lipinski definition) is 6. The van der Waals surface area contributed by atoms with Crippen LogP contribution >= 0.6 is 12.8 Å². The van der Waals surface area contributed by atoms with Crippen LogP contribution in [0.4, 0.5) is 5.69 Å². The highest BCUT2D eigenvalue weighted by molar-refractivity contribution is 7.78.